The first kappa shape index (κ1) is 47.5. The number of hydrogen-bond donors (Lipinski definition) is 3. The Hall–Kier alpha value is -1.54. The molecule has 0 fully saturated rings. The normalized spacial score (nSPS) is 15.2. The molecule has 0 aromatic heterocycles. The number of hydrogen-bond acceptors (Lipinski definition) is 5. The summed E-state index contributed by atoms with van der Waals surface area (Å²) in [7, 11) is 1.53. The summed E-state index contributed by atoms with van der Waals surface area (Å²) in [6.07, 6.45) is 39.2. The molecular weight excluding hydrogens is 635 g/mol. The number of phosphoric ester groups is 1. The van der Waals surface area contributed by atoms with Crippen LogP contribution in [0.5, 0.6) is 0 Å². The third-order valence-electron chi connectivity index (χ3n) is 8.34. The smallest absolute Gasteiger partial charge is 0.387 e. The van der Waals surface area contributed by atoms with Crippen LogP contribution in [-0.4, -0.2) is 73.4 Å². The lowest BCUT2D eigenvalue weighted by Gasteiger charge is -2.25. The highest BCUT2D eigenvalue weighted by atomic mass is 31.2. The van der Waals surface area contributed by atoms with Crippen molar-refractivity contribution >= 4 is 13.7 Å². The summed E-state index contributed by atoms with van der Waals surface area (Å²) in [6, 6.07) is -0.870. The SMILES string of the molecule is C/C=C/CC/C=C/CC/C=C/C(O)C(COP(=O)(O)OCC[N+](C)(C)C)NC(=O)CCCCCCC/C=C\CCCCCCCCCCC. The van der Waals surface area contributed by atoms with E-state index >= 15 is 0 Å². The lowest BCUT2D eigenvalue weighted by Crippen LogP contribution is -2.45. The lowest BCUT2D eigenvalue weighted by atomic mass is 10.1. The number of amides is 1. The van der Waals surface area contributed by atoms with Crippen molar-refractivity contribution in [3.05, 3.63) is 48.6 Å². The fourth-order valence-corrected chi connectivity index (χ4v) is 5.93. The molecule has 286 valence electrons. The largest absolute Gasteiger partial charge is 0.472 e. The third kappa shape index (κ3) is 34.7. The zero-order valence-electron chi connectivity index (χ0n) is 32.2. The number of phosphoric acid groups is 1. The van der Waals surface area contributed by atoms with Crippen molar-refractivity contribution in [3.63, 3.8) is 0 Å². The summed E-state index contributed by atoms with van der Waals surface area (Å²) in [4.78, 5) is 22.9. The maximum atomic E-state index is 12.8. The summed E-state index contributed by atoms with van der Waals surface area (Å²) in [5.74, 6) is -0.205. The number of carbonyl (C=O) groups is 1. The summed E-state index contributed by atoms with van der Waals surface area (Å²) < 4.78 is 23.4. The van der Waals surface area contributed by atoms with Crippen LogP contribution in [0.25, 0.3) is 0 Å². The van der Waals surface area contributed by atoms with E-state index in [2.05, 4.69) is 42.6 Å². The van der Waals surface area contributed by atoms with Crippen molar-refractivity contribution in [3.8, 4) is 0 Å². The summed E-state index contributed by atoms with van der Waals surface area (Å²) in [6.45, 7) is 4.52. The van der Waals surface area contributed by atoms with Crippen molar-refractivity contribution in [1.29, 1.82) is 0 Å². The van der Waals surface area contributed by atoms with Gasteiger partial charge in [-0.15, -0.1) is 0 Å². The fourth-order valence-electron chi connectivity index (χ4n) is 5.19. The molecule has 0 aliphatic carbocycles. The van der Waals surface area contributed by atoms with Gasteiger partial charge in [0.25, 0.3) is 0 Å². The second-order valence-corrected chi connectivity index (χ2v) is 15.7. The second kappa shape index (κ2) is 32.4. The highest BCUT2D eigenvalue weighted by Gasteiger charge is 2.27. The molecule has 0 heterocycles. The summed E-state index contributed by atoms with van der Waals surface area (Å²) in [5, 5.41) is 13.7. The zero-order valence-corrected chi connectivity index (χ0v) is 33.1. The number of likely N-dealkylation sites (N-methyl/N-ethyl adjacent to an activating group) is 1. The minimum atomic E-state index is -4.34. The fraction of sp³-hybridized carbons (Fsp3) is 0.775. The molecule has 49 heavy (non-hydrogen) atoms. The van der Waals surface area contributed by atoms with Crippen LogP contribution in [-0.2, 0) is 18.4 Å². The maximum Gasteiger partial charge on any atom is 0.472 e. The Labute approximate surface area is 301 Å². The Morgan fingerprint density at radius 1 is 0.714 bits per heavy atom. The molecule has 0 aromatic carbocycles. The molecule has 1 amide bonds. The van der Waals surface area contributed by atoms with E-state index in [1.165, 1.54) is 70.6 Å². The molecule has 3 atom stereocenters. The number of nitrogens with one attached hydrogen (secondary N) is 1. The first-order chi connectivity index (χ1) is 23.5. The molecule has 0 saturated heterocycles. The lowest BCUT2D eigenvalue weighted by molar-refractivity contribution is -0.870. The van der Waals surface area contributed by atoms with Gasteiger partial charge in [0.2, 0.25) is 5.91 Å². The number of unbranched alkanes of at least 4 members (excludes halogenated alkanes) is 16. The number of rotatable bonds is 34. The highest BCUT2D eigenvalue weighted by molar-refractivity contribution is 7.47. The minimum Gasteiger partial charge on any atom is -0.387 e. The molecule has 0 rings (SSSR count). The molecule has 0 saturated carbocycles. The van der Waals surface area contributed by atoms with Gasteiger partial charge in [0.1, 0.15) is 13.2 Å². The Balaban J connectivity index is 4.44. The van der Waals surface area contributed by atoms with E-state index in [9.17, 15) is 19.4 Å². The molecule has 0 bridgehead atoms. The number of aliphatic hydroxyl groups excluding tert-OH is 1. The molecule has 8 nitrogen and oxygen atoms in total. The average Bonchev–Trinajstić information content (AvgIpc) is 3.04. The van der Waals surface area contributed by atoms with Gasteiger partial charge in [-0.2, -0.15) is 0 Å². The van der Waals surface area contributed by atoms with Crippen LogP contribution < -0.4 is 5.32 Å². The van der Waals surface area contributed by atoms with Crippen LogP contribution in [0.2, 0.25) is 0 Å². The van der Waals surface area contributed by atoms with Crippen molar-refractivity contribution < 1.29 is 32.9 Å². The minimum absolute atomic E-state index is 0.0503. The van der Waals surface area contributed by atoms with Crippen LogP contribution in [0.3, 0.4) is 0 Å². The molecule has 0 aromatic rings. The van der Waals surface area contributed by atoms with E-state index < -0.39 is 20.0 Å². The van der Waals surface area contributed by atoms with E-state index in [0.717, 1.165) is 57.8 Å². The topological polar surface area (TPSA) is 105 Å². The van der Waals surface area contributed by atoms with Gasteiger partial charge in [-0.3, -0.25) is 13.8 Å². The molecule has 0 aliphatic heterocycles. The molecule has 0 radical (unpaired) electrons. The number of nitrogens with zero attached hydrogens (tertiary/aromatic N) is 1. The Kier molecular flexibility index (Phi) is 31.4. The summed E-state index contributed by atoms with van der Waals surface area (Å²) >= 11 is 0. The van der Waals surface area contributed by atoms with Crippen molar-refractivity contribution in [2.24, 2.45) is 0 Å². The number of allylic oxidation sites excluding steroid dienone is 7. The molecule has 0 spiro atoms. The number of carbonyl (C=O) groups excluding carboxylic acids is 1. The monoisotopic (exact) mass is 712 g/mol. The van der Waals surface area contributed by atoms with Crippen molar-refractivity contribution in [2.45, 2.75) is 161 Å². The highest BCUT2D eigenvalue weighted by Crippen LogP contribution is 2.43. The van der Waals surface area contributed by atoms with Crippen LogP contribution in [0.4, 0.5) is 0 Å². The number of aliphatic hydroxyl groups is 1. The van der Waals surface area contributed by atoms with Crippen LogP contribution in [0.1, 0.15) is 149 Å². The second-order valence-electron chi connectivity index (χ2n) is 14.3. The van der Waals surface area contributed by atoms with Crippen molar-refractivity contribution in [1.82, 2.24) is 5.32 Å². The summed E-state index contributed by atoms with van der Waals surface area (Å²) in [5.41, 5.74) is 0. The van der Waals surface area contributed by atoms with E-state index in [-0.39, 0.29) is 19.1 Å². The molecular formula is C40H76N2O6P+. The van der Waals surface area contributed by atoms with Gasteiger partial charge in [-0.05, 0) is 64.7 Å². The van der Waals surface area contributed by atoms with Gasteiger partial charge < -0.3 is 19.8 Å². The van der Waals surface area contributed by atoms with E-state index in [1.54, 1.807) is 6.08 Å². The Morgan fingerprint density at radius 2 is 1.20 bits per heavy atom. The van der Waals surface area contributed by atoms with Gasteiger partial charge in [-0.25, -0.2) is 4.57 Å². The number of quaternary nitrogens is 1. The zero-order chi connectivity index (χ0) is 36.5. The van der Waals surface area contributed by atoms with Gasteiger partial charge >= 0.3 is 7.82 Å². The third-order valence-corrected chi connectivity index (χ3v) is 9.33. The Bertz CT molecular complexity index is 944. The molecule has 9 heteroatoms. The van der Waals surface area contributed by atoms with Gasteiger partial charge in [0.15, 0.2) is 0 Å². The Morgan fingerprint density at radius 3 is 1.76 bits per heavy atom. The predicted molar refractivity (Wildman–Crippen MR) is 207 cm³/mol. The standard InChI is InChI=1S/C40H75N2O6P/c1-6-8-10-12-14-16-17-18-19-20-21-22-23-24-26-28-30-32-34-40(44)41-38(37-48-49(45,46)47-36-35-42(3,4)5)39(43)33-31-29-27-25-15-13-11-9-7-2/h7,9,15,21-22,25,31,33,38-39,43H,6,8,10-14,16-20,23-24,26-30,32,34-37H2,1-5H3,(H-,41,44,45,46)/p+1/b9-7+,22-21-,25-15+,33-31+. The van der Waals surface area contributed by atoms with Crippen LogP contribution in [0, 0.1) is 0 Å². The first-order valence-corrected chi connectivity index (χ1v) is 21.0. The predicted octanol–water partition coefficient (Wildman–Crippen LogP) is 10.1. The molecule has 0 aliphatic rings. The van der Waals surface area contributed by atoms with Gasteiger partial charge in [0, 0.05) is 6.42 Å². The van der Waals surface area contributed by atoms with E-state index in [4.69, 9.17) is 9.05 Å². The van der Waals surface area contributed by atoms with Crippen molar-refractivity contribution in [2.75, 3.05) is 40.9 Å². The van der Waals surface area contributed by atoms with Crippen LogP contribution in [0.15, 0.2) is 48.6 Å². The maximum absolute atomic E-state index is 12.8. The van der Waals surface area contributed by atoms with Gasteiger partial charge in [0.05, 0.1) is 39.9 Å². The average molecular weight is 712 g/mol. The van der Waals surface area contributed by atoms with Crippen LogP contribution >= 0.6 is 7.82 Å². The first-order valence-electron chi connectivity index (χ1n) is 19.5. The molecule has 3 N–H and O–H groups in total. The van der Waals surface area contributed by atoms with E-state index in [0.29, 0.717) is 17.4 Å². The quantitative estimate of drug-likeness (QED) is 0.0266. The molecule has 3 unspecified atom stereocenters. The van der Waals surface area contributed by atoms with E-state index in [1.807, 2.05) is 40.2 Å². The van der Waals surface area contributed by atoms with Gasteiger partial charge in [-0.1, -0.05) is 126 Å².